The highest BCUT2D eigenvalue weighted by Gasteiger charge is 2.15. The fraction of sp³-hybridized carbons (Fsp3) is 0.0769. The van der Waals surface area contributed by atoms with E-state index in [2.05, 4.69) is 9.97 Å². The zero-order chi connectivity index (χ0) is 15.1. The summed E-state index contributed by atoms with van der Waals surface area (Å²) in [6.07, 6.45) is 3.22. The minimum absolute atomic E-state index is 0.0372. The first-order chi connectivity index (χ1) is 9.97. The molecule has 0 saturated carbocycles. The van der Waals surface area contributed by atoms with Gasteiger partial charge >= 0.3 is 0 Å². The third-order valence-electron chi connectivity index (χ3n) is 3.12. The van der Waals surface area contributed by atoms with Crippen LogP contribution < -0.4 is 0 Å². The zero-order valence-electron chi connectivity index (χ0n) is 10.7. The van der Waals surface area contributed by atoms with Gasteiger partial charge in [0.15, 0.2) is 5.82 Å². The van der Waals surface area contributed by atoms with Gasteiger partial charge in [-0.25, -0.2) is 4.98 Å². The molecule has 0 bridgehead atoms. The van der Waals surface area contributed by atoms with Crippen LogP contribution in [-0.4, -0.2) is 19.5 Å². The highest BCUT2D eigenvalue weighted by Crippen LogP contribution is 2.29. The molecule has 0 amide bonds. The van der Waals surface area contributed by atoms with Crippen molar-refractivity contribution in [3.63, 3.8) is 0 Å². The van der Waals surface area contributed by atoms with Crippen LogP contribution >= 0.6 is 23.2 Å². The van der Waals surface area contributed by atoms with E-state index in [0.29, 0.717) is 10.8 Å². The summed E-state index contributed by atoms with van der Waals surface area (Å²) in [7, 11) is 0. The second-order valence-electron chi connectivity index (χ2n) is 4.45. The molecule has 0 radical (unpaired) electrons. The lowest BCUT2D eigenvalue weighted by Crippen LogP contribution is -1.98. The first-order valence-corrected chi connectivity index (χ1v) is 6.67. The first kappa shape index (κ1) is 13.8. The Hall–Kier alpha value is -2.18. The average molecular weight is 323 g/mol. The molecule has 0 spiro atoms. The van der Waals surface area contributed by atoms with E-state index in [1.54, 1.807) is 16.8 Å². The molecular weight excluding hydrogens is 315 g/mol. The number of fused-ring (bicyclic) bond motifs is 1. The number of nitro benzene ring substituents is 1. The minimum atomic E-state index is -0.426. The number of nitrogens with zero attached hydrogens (tertiary/aromatic N) is 4. The van der Waals surface area contributed by atoms with Gasteiger partial charge in [0.2, 0.25) is 5.28 Å². The fourth-order valence-electron chi connectivity index (χ4n) is 2.18. The monoisotopic (exact) mass is 322 g/mol. The van der Waals surface area contributed by atoms with Gasteiger partial charge in [-0.2, -0.15) is 4.98 Å². The Balaban J connectivity index is 2.29. The van der Waals surface area contributed by atoms with E-state index in [4.69, 9.17) is 23.2 Å². The maximum Gasteiger partial charge on any atom is 0.270 e. The van der Waals surface area contributed by atoms with Gasteiger partial charge in [-0.05, 0) is 30.2 Å². The molecule has 0 saturated heterocycles. The Kier molecular flexibility index (Phi) is 3.27. The molecule has 106 valence electrons. The molecule has 0 aliphatic rings. The average Bonchev–Trinajstić information content (AvgIpc) is 2.78. The SMILES string of the molecule is Cc1cn(-c2nc(Cl)ncc2Cl)c2ccc([N+](=O)[O-])cc12. The van der Waals surface area contributed by atoms with Gasteiger partial charge in [-0.15, -0.1) is 0 Å². The summed E-state index contributed by atoms with van der Waals surface area (Å²) in [4.78, 5) is 18.4. The van der Waals surface area contributed by atoms with Gasteiger partial charge in [-0.1, -0.05) is 11.6 Å². The quantitative estimate of drug-likeness (QED) is 0.407. The number of non-ortho nitro benzene ring substituents is 1. The predicted molar refractivity (Wildman–Crippen MR) is 80.3 cm³/mol. The summed E-state index contributed by atoms with van der Waals surface area (Å²) in [5, 5.41) is 12.1. The van der Waals surface area contributed by atoms with Crippen LogP contribution in [0.4, 0.5) is 5.69 Å². The molecule has 1 aromatic carbocycles. The van der Waals surface area contributed by atoms with Gasteiger partial charge in [0, 0.05) is 23.7 Å². The molecule has 8 heteroatoms. The molecule has 0 unspecified atom stereocenters. The second-order valence-corrected chi connectivity index (χ2v) is 5.20. The summed E-state index contributed by atoms with van der Waals surface area (Å²) >= 11 is 11.9. The van der Waals surface area contributed by atoms with Crippen molar-refractivity contribution in [1.29, 1.82) is 0 Å². The van der Waals surface area contributed by atoms with E-state index in [-0.39, 0.29) is 11.0 Å². The predicted octanol–water partition coefficient (Wildman–Crippen LogP) is 3.94. The summed E-state index contributed by atoms with van der Waals surface area (Å²) in [6.45, 7) is 1.86. The van der Waals surface area contributed by atoms with Crippen LogP contribution in [0.3, 0.4) is 0 Å². The van der Waals surface area contributed by atoms with Gasteiger partial charge in [-0.3, -0.25) is 14.7 Å². The molecular formula is C13H8Cl2N4O2. The van der Waals surface area contributed by atoms with Crippen LogP contribution in [0.1, 0.15) is 5.56 Å². The first-order valence-electron chi connectivity index (χ1n) is 5.92. The molecule has 0 aliphatic carbocycles. The maximum atomic E-state index is 10.9. The lowest BCUT2D eigenvalue weighted by Gasteiger charge is -2.06. The molecule has 6 nitrogen and oxygen atoms in total. The Morgan fingerprint density at radius 1 is 1.33 bits per heavy atom. The molecule has 2 heterocycles. The van der Waals surface area contributed by atoms with Crippen LogP contribution in [-0.2, 0) is 0 Å². The van der Waals surface area contributed by atoms with Gasteiger partial charge in [0.1, 0.15) is 5.02 Å². The molecule has 21 heavy (non-hydrogen) atoms. The molecule has 2 aromatic heterocycles. The van der Waals surface area contributed by atoms with Gasteiger partial charge in [0.25, 0.3) is 5.69 Å². The number of hydrogen-bond acceptors (Lipinski definition) is 4. The number of aryl methyl sites for hydroxylation is 1. The number of benzene rings is 1. The van der Waals surface area contributed by atoms with Crippen LogP contribution in [0.15, 0.2) is 30.6 Å². The van der Waals surface area contributed by atoms with Crippen LogP contribution in [0.2, 0.25) is 10.3 Å². The smallest absolute Gasteiger partial charge is 0.270 e. The Bertz CT molecular complexity index is 876. The normalized spacial score (nSPS) is 11.0. The van der Waals surface area contributed by atoms with E-state index in [0.717, 1.165) is 16.5 Å². The summed E-state index contributed by atoms with van der Waals surface area (Å²) < 4.78 is 1.74. The summed E-state index contributed by atoms with van der Waals surface area (Å²) in [6, 6.07) is 4.62. The Morgan fingerprint density at radius 2 is 2.10 bits per heavy atom. The summed E-state index contributed by atoms with van der Waals surface area (Å²) in [5.41, 5.74) is 1.67. The third kappa shape index (κ3) is 2.32. The standard InChI is InChI=1S/C13H8Cl2N4O2/c1-7-6-18(12-10(14)5-16-13(15)17-12)11-3-2-8(19(20)21)4-9(7)11/h2-6H,1H3. The van der Waals surface area contributed by atoms with Crippen molar-refractivity contribution < 1.29 is 4.92 Å². The van der Waals surface area contributed by atoms with Crippen molar-refractivity contribution in [1.82, 2.24) is 14.5 Å². The highest BCUT2D eigenvalue weighted by molar-refractivity contribution is 6.33. The van der Waals surface area contributed by atoms with Crippen molar-refractivity contribution in [3.8, 4) is 5.82 Å². The maximum absolute atomic E-state index is 10.9. The molecule has 0 fully saturated rings. The van der Waals surface area contributed by atoms with Crippen molar-refractivity contribution >= 4 is 39.8 Å². The van der Waals surface area contributed by atoms with E-state index < -0.39 is 4.92 Å². The second kappa shape index (κ2) is 4.98. The third-order valence-corrected chi connectivity index (χ3v) is 3.57. The van der Waals surface area contributed by atoms with Crippen molar-refractivity contribution in [2.24, 2.45) is 0 Å². The molecule has 3 aromatic rings. The van der Waals surface area contributed by atoms with Crippen molar-refractivity contribution in [3.05, 3.63) is 56.6 Å². The lowest BCUT2D eigenvalue weighted by atomic mass is 10.2. The van der Waals surface area contributed by atoms with E-state index in [1.165, 1.54) is 18.3 Å². The topological polar surface area (TPSA) is 73.8 Å². The Labute approximate surface area is 129 Å². The zero-order valence-corrected chi connectivity index (χ0v) is 12.3. The Morgan fingerprint density at radius 3 is 2.81 bits per heavy atom. The summed E-state index contributed by atoms with van der Waals surface area (Å²) in [5.74, 6) is 0.434. The minimum Gasteiger partial charge on any atom is -0.300 e. The number of aromatic nitrogens is 3. The van der Waals surface area contributed by atoms with Gasteiger partial charge in [0.05, 0.1) is 16.6 Å². The largest absolute Gasteiger partial charge is 0.300 e. The fourth-order valence-corrected chi connectivity index (χ4v) is 2.49. The van der Waals surface area contributed by atoms with Crippen LogP contribution in [0, 0.1) is 17.0 Å². The van der Waals surface area contributed by atoms with E-state index in [9.17, 15) is 10.1 Å². The van der Waals surface area contributed by atoms with E-state index in [1.807, 2.05) is 6.92 Å². The number of nitro groups is 1. The van der Waals surface area contributed by atoms with Crippen molar-refractivity contribution in [2.75, 3.05) is 0 Å². The van der Waals surface area contributed by atoms with E-state index >= 15 is 0 Å². The molecule has 3 rings (SSSR count). The number of rotatable bonds is 2. The van der Waals surface area contributed by atoms with Crippen LogP contribution in [0.25, 0.3) is 16.7 Å². The van der Waals surface area contributed by atoms with Gasteiger partial charge < -0.3 is 0 Å². The number of halogens is 2. The number of hydrogen-bond donors (Lipinski definition) is 0. The lowest BCUT2D eigenvalue weighted by molar-refractivity contribution is -0.384. The highest BCUT2D eigenvalue weighted by atomic mass is 35.5. The molecule has 0 aliphatic heterocycles. The molecule has 0 atom stereocenters. The van der Waals surface area contributed by atoms with Crippen LogP contribution in [0.5, 0.6) is 0 Å². The van der Waals surface area contributed by atoms with Crippen molar-refractivity contribution in [2.45, 2.75) is 6.92 Å². The molecule has 0 N–H and O–H groups in total.